The first-order valence-electron chi connectivity index (χ1n) is 7.46. The van der Waals surface area contributed by atoms with Gasteiger partial charge in [0.2, 0.25) is 0 Å². The van der Waals surface area contributed by atoms with Crippen molar-refractivity contribution < 1.29 is 4.74 Å². The Bertz CT molecular complexity index is 394. The topological polar surface area (TPSA) is 41.7 Å². The van der Waals surface area contributed by atoms with Gasteiger partial charge in [0.15, 0.2) is 0 Å². The van der Waals surface area contributed by atoms with E-state index in [1.165, 1.54) is 18.5 Å². The van der Waals surface area contributed by atoms with E-state index >= 15 is 0 Å². The first-order valence-corrected chi connectivity index (χ1v) is 8.40. The molecule has 1 fully saturated rings. The summed E-state index contributed by atoms with van der Waals surface area (Å²) in [6.07, 6.45) is 3.62. The van der Waals surface area contributed by atoms with Gasteiger partial charge < -0.3 is 20.3 Å². The molecule has 1 aliphatic rings. The van der Waals surface area contributed by atoms with Crippen LogP contribution in [0.25, 0.3) is 0 Å². The van der Waals surface area contributed by atoms with E-state index in [2.05, 4.69) is 29.3 Å². The number of piperidine rings is 1. The Balaban J connectivity index is 1.70. The molecule has 0 aromatic carbocycles. The minimum absolute atomic E-state index is 0.641. The minimum Gasteiger partial charge on any atom is -0.396 e. The van der Waals surface area contributed by atoms with Gasteiger partial charge in [0.05, 0.1) is 18.0 Å². The molecule has 1 aliphatic heterocycles. The zero-order valence-corrected chi connectivity index (χ0v) is 13.5. The predicted octanol–water partition coefficient (Wildman–Crippen LogP) is 2.52. The molecule has 5 heteroatoms. The Morgan fingerprint density at radius 2 is 2.30 bits per heavy atom. The van der Waals surface area contributed by atoms with Crippen LogP contribution in [0.2, 0.25) is 0 Å². The fourth-order valence-corrected chi connectivity index (χ4v) is 3.46. The number of hydrogen-bond acceptors (Lipinski definition) is 5. The maximum absolute atomic E-state index is 6.02. The Labute approximate surface area is 126 Å². The highest BCUT2D eigenvalue weighted by molar-refractivity contribution is 7.08. The summed E-state index contributed by atoms with van der Waals surface area (Å²) in [6, 6.07) is 0. The van der Waals surface area contributed by atoms with Gasteiger partial charge >= 0.3 is 0 Å². The summed E-state index contributed by atoms with van der Waals surface area (Å²) in [5.41, 5.74) is 8.15. The Hall–Kier alpha value is -0.780. The van der Waals surface area contributed by atoms with E-state index in [4.69, 9.17) is 10.5 Å². The second kappa shape index (κ2) is 7.86. The van der Waals surface area contributed by atoms with Gasteiger partial charge in [-0.05, 0) is 45.8 Å². The largest absolute Gasteiger partial charge is 0.396 e. The van der Waals surface area contributed by atoms with E-state index in [1.807, 2.05) is 5.38 Å². The van der Waals surface area contributed by atoms with Crippen molar-refractivity contribution in [3.63, 3.8) is 0 Å². The molecule has 1 aromatic rings. The van der Waals surface area contributed by atoms with E-state index in [1.54, 1.807) is 11.3 Å². The zero-order valence-electron chi connectivity index (χ0n) is 12.7. The van der Waals surface area contributed by atoms with Crippen molar-refractivity contribution in [1.82, 2.24) is 4.90 Å². The van der Waals surface area contributed by atoms with Crippen LogP contribution in [0.1, 0.15) is 19.3 Å². The summed E-state index contributed by atoms with van der Waals surface area (Å²) in [5.74, 6) is 0.641. The summed E-state index contributed by atoms with van der Waals surface area (Å²) >= 11 is 1.69. The van der Waals surface area contributed by atoms with Crippen LogP contribution in [-0.2, 0) is 4.74 Å². The molecule has 2 N–H and O–H groups in total. The van der Waals surface area contributed by atoms with Crippen LogP contribution < -0.4 is 10.6 Å². The molecule has 20 heavy (non-hydrogen) atoms. The van der Waals surface area contributed by atoms with Gasteiger partial charge in [-0.2, -0.15) is 0 Å². The molecule has 1 aromatic heterocycles. The fourth-order valence-electron chi connectivity index (χ4n) is 2.71. The van der Waals surface area contributed by atoms with Crippen molar-refractivity contribution >= 4 is 22.7 Å². The van der Waals surface area contributed by atoms with Gasteiger partial charge in [-0.3, -0.25) is 0 Å². The third-order valence-electron chi connectivity index (χ3n) is 3.78. The molecule has 1 saturated heterocycles. The molecule has 114 valence electrons. The predicted molar refractivity (Wildman–Crippen MR) is 87.7 cm³/mol. The highest BCUT2D eigenvalue weighted by Gasteiger charge is 2.21. The van der Waals surface area contributed by atoms with Gasteiger partial charge in [-0.25, -0.2) is 0 Å². The lowest BCUT2D eigenvalue weighted by Gasteiger charge is -2.34. The lowest BCUT2D eigenvalue weighted by atomic mass is 9.98. The van der Waals surface area contributed by atoms with Crippen molar-refractivity contribution in [2.75, 3.05) is 57.6 Å². The number of nitrogen functional groups attached to an aromatic ring is 1. The van der Waals surface area contributed by atoms with Crippen molar-refractivity contribution in [3.05, 3.63) is 10.8 Å². The van der Waals surface area contributed by atoms with Crippen LogP contribution in [0.5, 0.6) is 0 Å². The first-order chi connectivity index (χ1) is 9.66. The van der Waals surface area contributed by atoms with Gasteiger partial charge in [0.1, 0.15) is 0 Å². The number of ether oxygens (including phenoxy) is 1. The number of rotatable bonds is 7. The molecular weight excluding hydrogens is 270 g/mol. The summed E-state index contributed by atoms with van der Waals surface area (Å²) < 4.78 is 5.84. The number of nitrogens with zero attached hydrogens (tertiary/aromatic N) is 2. The Morgan fingerprint density at radius 3 is 3.00 bits per heavy atom. The van der Waals surface area contributed by atoms with E-state index in [9.17, 15) is 0 Å². The average molecular weight is 297 g/mol. The monoisotopic (exact) mass is 297 g/mol. The third kappa shape index (κ3) is 4.65. The smallest absolute Gasteiger partial charge is 0.0708 e. The Morgan fingerprint density at radius 1 is 1.45 bits per heavy atom. The molecule has 1 unspecified atom stereocenters. The van der Waals surface area contributed by atoms with Gasteiger partial charge in [0, 0.05) is 30.5 Å². The van der Waals surface area contributed by atoms with Crippen LogP contribution in [0.3, 0.4) is 0 Å². The Kier molecular flexibility index (Phi) is 6.13. The quantitative estimate of drug-likeness (QED) is 0.785. The summed E-state index contributed by atoms with van der Waals surface area (Å²) in [6.45, 7) is 5.05. The lowest BCUT2D eigenvalue weighted by Crippen LogP contribution is -2.37. The summed E-state index contributed by atoms with van der Waals surface area (Å²) in [5, 5.41) is 4.19. The fraction of sp³-hybridized carbons (Fsp3) is 0.733. The van der Waals surface area contributed by atoms with Gasteiger partial charge in [-0.15, -0.1) is 11.3 Å². The first kappa shape index (κ1) is 15.6. The minimum atomic E-state index is 0.641. The van der Waals surface area contributed by atoms with E-state index in [0.717, 1.165) is 45.0 Å². The van der Waals surface area contributed by atoms with Crippen molar-refractivity contribution in [3.8, 4) is 0 Å². The van der Waals surface area contributed by atoms with Crippen molar-refractivity contribution in [2.24, 2.45) is 5.92 Å². The molecule has 2 rings (SSSR count). The molecule has 2 heterocycles. The van der Waals surface area contributed by atoms with Crippen molar-refractivity contribution in [1.29, 1.82) is 0 Å². The number of hydrogen-bond donors (Lipinski definition) is 1. The van der Waals surface area contributed by atoms with E-state index in [-0.39, 0.29) is 0 Å². The van der Waals surface area contributed by atoms with E-state index in [0.29, 0.717) is 5.92 Å². The molecule has 0 amide bonds. The average Bonchev–Trinajstić information content (AvgIpc) is 2.85. The SMILES string of the molecule is CN(C)CCCOCC1CCCN(c2cscc2N)C1. The summed E-state index contributed by atoms with van der Waals surface area (Å²) in [7, 11) is 4.20. The lowest BCUT2D eigenvalue weighted by molar-refractivity contribution is 0.0880. The third-order valence-corrected chi connectivity index (χ3v) is 4.53. The standard InChI is InChI=1S/C15H27N3OS/c1-17(2)6-4-8-19-10-13-5-3-7-18(9-13)15-12-20-11-14(15)16/h11-13H,3-10,16H2,1-2H3. The van der Waals surface area contributed by atoms with E-state index < -0.39 is 0 Å². The van der Waals surface area contributed by atoms with Gasteiger partial charge in [-0.1, -0.05) is 0 Å². The van der Waals surface area contributed by atoms with Crippen LogP contribution in [0.15, 0.2) is 10.8 Å². The molecule has 4 nitrogen and oxygen atoms in total. The maximum Gasteiger partial charge on any atom is 0.0708 e. The molecule has 1 atom stereocenters. The molecule has 0 bridgehead atoms. The number of nitrogens with two attached hydrogens (primary N) is 1. The molecular formula is C15H27N3OS. The van der Waals surface area contributed by atoms with Gasteiger partial charge in [0.25, 0.3) is 0 Å². The molecule has 0 saturated carbocycles. The maximum atomic E-state index is 6.02. The van der Waals surface area contributed by atoms with Crippen LogP contribution in [-0.4, -0.2) is 51.8 Å². The molecule has 0 aliphatic carbocycles. The number of thiophene rings is 1. The van der Waals surface area contributed by atoms with Crippen molar-refractivity contribution in [2.45, 2.75) is 19.3 Å². The zero-order chi connectivity index (χ0) is 14.4. The van der Waals surface area contributed by atoms with Crippen LogP contribution in [0, 0.1) is 5.92 Å². The molecule has 0 radical (unpaired) electrons. The van der Waals surface area contributed by atoms with Crippen LogP contribution >= 0.6 is 11.3 Å². The highest BCUT2D eigenvalue weighted by Crippen LogP contribution is 2.31. The highest BCUT2D eigenvalue weighted by atomic mass is 32.1. The second-order valence-corrected chi connectivity index (χ2v) is 6.64. The second-order valence-electron chi connectivity index (χ2n) is 5.90. The molecule has 0 spiro atoms. The summed E-state index contributed by atoms with van der Waals surface area (Å²) in [4.78, 5) is 4.62. The van der Waals surface area contributed by atoms with Crippen LogP contribution in [0.4, 0.5) is 11.4 Å². The number of anilines is 2. The normalized spacial score (nSPS) is 19.8.